The molecule has 0 saturated heterocycles. The summed E-state index contributed by atoms with van der Waals surface area (Å²) < 4.78 is 1.80. The van der Waals surface area contributed by atoms with E-state index in [2.05, 4.69) is 61.5 Å². The van der Waals surface area contributed by atoms with Crippen molar-refractivity contribution in [2.75, 3.05) is 0 Å². The van der Waals surface area contributed by atoms with Gasteiger partial charge in [0.25, 0.3) is 0 Å². The summed E-state index contributed by atoms with van der Waals surface area (Å²) in [6.07, 6.45) is 15.1. The molecule has 1 fully saturated rings. The molecule has 3 heteroatoms. The van der Waals surface area contributed by atoms with Crippen LogP contribution in [0.2, 0.25) is 0 Å². The third-order valence-corrected chi connectivity index (χ3v) is 7.12. The van der Waals surface area contributed by atoms with Gasteiger partial charge in [0.15, 0.2) is 0 Å². The molecular weight excluding hydrogens is 474 g/mol. The molecule has 152 valence electrons. The maximum atomic E-state index is 3.68. The van der Waals surface area contributed by atoms with Crippen LogP contribution in [0, 0.1) is 6.07 Å². The molecule has 3 aliphatic rings. The van der Waals surface area contributed by atoms with Gasteiger partial charge in [0.1, 0.15) is 0 Å². The number of hydrogen-bond donors (Lipinski definition) is 0. The van der Waals surface area contributed by atoms with Gasteiger partial charge in [-0.3, -0.25) is 0 Å². The average molecular weight is 504 g/mol. The van der Waals surface area contributed by atoms with Crippen molar-refractivity contribution < 1.29 is 24.2 Å². The monoisotopic (exact) mass is 501 g/mol. The molecule has 3 aliphatic carbocycles. The standard InChI is InChI=1S/C20H17.C6H10.2ClH.Zr/c1-2-14-7-5-9-18(14)16-10-11-20-17(13-16)12-15-6-3-4-8-19(15)20;1-2-4-6-5-3-1;;;/h3-8,10-11H,2,9,12H2,1H3;1-5H2;2*1H;/q-1;;;;. The van der Waals surface area contributed by atoms with Crippen LogP contribution in [0.15, 0.2) is 54.1 Å². The van der Waals surface area contributed by atoms with Gasteiger partial charge in [-0.25, -0.2) is 0 Å². The first-order chi connectivity index (χ1) is 13.3. The zero-order valence-electron chi connectivity index (χ0n) is 17.1. The van der Waals surface area contributed by atoms with Gasteiger partial charge in [0.2, 0.25) is 0 Å². The van der Waals surface area contributed by atoms with Crippen molar-refractivity contribution in [2.24, 2.45) is 0 Å². The van der Waals surface area contributed by atoms with Gasteiger partial charge >= 0.3 is 59.5 Å². The van der Waals surface area contributed by atoms with E-state index >= 15 is 0 Å². The normalized spacial score (nSPS) is 16.2. The fourth-order valence-corrected chi connectivity index (χ4v) is 5.25. The molecule has 0 aliphatic heterocycles. The van der Waals surface area contributed by atoms with E-state index in [0.29, 0.717) is 0 Å². The molecule has 0 bridgehead atoms. The van der Waals surface area contributed by atoms with Crippen LogP contribution in [0.3, 0.4) is 0 Å². The summed E-state index contributed by atoms with van der Waals surface area (Å²) in [6.45, 7) is 2.23. The zero-order chi connectivity index (χ0) is 18.6. The van der Waals surface area contributed by atoms with Crippen LogP contribution in [0.4, 0.5) is 0 Å². The fourth-order valence-electron chi connectivity index (χ4n) is 4.38. The first kappa shape index (κ1) is 24.5. The SMILES string of the molecule is CCC1=C(c2[c-]c3c(cc2)-c2ccccc2C3)CC=C1.Cl.Cl.[Zr]=[C]1CCCCC1. The summed E-state index contributed by atoms with van der Waals surface area (Å²) in [5.74, 6) is 0. The molecule has 2 aromatic carbocycles. The number of benzene rings is 2. The van der Waals surface area contributed by atoms with E-state index in [1.165, 1.54) is 71.1 Å². The van der Waals surface area contributed by atoms with Crippen molar-refractivity contribution in [3.05, 3.63) is 76.9 Å². The van der Waals surface area contributed by atoms with E-state index in [-0.39, 0.29) is 24.8 Å². The van der Waals surface area contributed by atoms with Gasteiger partial charge < -0.3 is 0 Å². The molecule has 0 atom stereocenters. The van der Waals surface area contributed by atoms with Crippen molar-refractivity contribution in [1.82, 2.24) is 0 Å². The van der Waals surface area contributed by atoms with Crippen LogP contribution in [-0.4, -0.2) is 3.21 Å². The Bertz CT molecular complexity index is 916. The van der Waals surface area contributed by atoms with Gasteiger partial charge in [-0.2, -0.15) is 0 Å². The predicted octanol–water partition coefficient (Wildman–Crippen LogP) is 7.69. The average Bonchev–Trinajstić information content (AvgIpc) is 3.32. The molecule has 0 amide bonds. The van der Waals surface area contributed by atoms with Crippen LogP contribution in [0.25, 0.3) is 16.7 Å². The van der Waals surface area contributed by atoms with Crippen molar-refractivity contribution >= 4 is 33.6 Å². The Balaban J connectivity index is 0.000000287. The van der Waals surface area contributed by atoms with E-state index in [1.807, 2.05) is 0 Å². The fraction of sp³-hybridized carbons (Fsp3) is 0.346. The van der Waals surface area contributed by atoms with Crippen molar-refractivity contribution in [2.45, 2.75) is 58.3 Å². The number of rotatable bonds is 2. The second kappa shape index (κ2) is 11.6. The van der Waals surface area contributed by atoms with Crippen LogP contribution in [0.5, 0.6) is 0 Å². The third-order valence-electron chi connectivity index (χ3n) is 5.89. The predicted molar refractivity (Wildman–Crippen MR) is 127 cm³/mol. The number of fused-ring (bicyclic) bond motifs is 3. The summed E-state index contributed by atoms with van der Waals surface area (Å²) in [4.78, 5) is 0. The van der Waals surface area contributed by atoms with Crippen LogP contribution in [0.1, 0.15) is 68.6 Å². The molecule has 2 aromatic rings. The summed E-state index contributed by atoms with van der Waals surface area (Å²) >= 11 is 1.69. The molecule has 0 aromatic heterocycles. The minimum atomic E-state index is 0. The molecule has 0 radical (unpaired) electrons. The van der Waals surface area contributed by atoms with Gasteiger partial charge in [-0.15, -0.1) is 59.7 Å². The Morgan fingerprint density at radius 2 is 1.69 bits per heavy atom. The van der Waals surface area contributed by atoms with Crippen LogP contribution in [-0.2, 0) is 30.7 Å². The van der Waals surface area contributed by atoms with Crippen molar-refractivity contribution in [3.8, 4) is 11.1 Å². The molecular formula is C26H29Cl2Zr-. The van der Waals surface area contributed by atoms with E-state index in [1.54, 1.807) is 27.4 Å². The van der Waals surface area contributed by atoms with Gasteiger partial charge in [0.05, 0.1) is 0 Å². The number of allylic oxidation sites excluding steroid dienone is 4. The van der Waals surface area contributed by atoms with Crippen molar-refractivity contribution in [3.63, 3.8) is 0 Å². The summed E-state index contributed by atoms with van der Waals surface area (Å²) in [5, 5.41) is 0. The Hall–Kier alpha value is -0.747. The minimum absolute atomic E-state index is 0. The summed E-state index contributed by atoms with van der Waals surface area (Å²) in [5.41, 5.74) is 9.78. The molecule has 0 nitrogen and oxygen atoms in total. The van der Waals surface area contributed by atoms with Gasteiger partial charge in [-0.05, 0) is 24.8 Å². The molecule has 0 unspecified atom stereocenters. The Kier molecular flexibility index (Phi) is 9.80. The van der Waals surface area contributed by atoms with Crippen LogP contribution < -0.4 is 0 Å². The summed E-state index contributed by atoms with van der Waals surface area (Å²) in [6, 6.07) is 16.9. The zero-order valence-corrected chi connectivity index (χ0v) is 21.2. The summed E-state index contributed by atoms with van der Waals surface area (Å²) in [7, 11) is 0. The molecule has 0 heterocycles. The van der Waals surface area contributed by atoms with E-state index in [4.69, 9.17) is 0 Å². The van der Waals surface area contributed by atoms with E-state index in [9.17, 15) is 0 Å². The van der Waals surface area contributed by atoms with Gasteiger partial charge in [-0.1, -0.05) is 60.0 Å². The third kappa shape index (κ3) is 5.69. The van der Waals surface area contributed by atoms with E-state index in [0.717, 1.165) is 19.3 Å². The topological polar surface area (TPSA) is 0 Å². The number of hydrogen-bond acceptors (Lipinski definition) is 0. The maximum absolute atomic E-state index is 3.68. The van der Waals surface area contributed by atoms with Crippen molar-refractivity contribution in [1.29, 1.82) is 0 Å². The first-order valence-corrected chi connectivity index (χ1v) is 11.6. The van der Waals surface area contributed by atoms with Crippen LogP contribution >= 0.6 is 24.8 Å². The molecule has 5 rings (SSSR count). The molecule has 0 spiro atoms. The second-order valence-electron chi connectivity index (χ2n) is 7.73. The number of halogens is 2. The quantitative estimate of drug-likeness (QED) is 0.315. The Morgan fingerprint density at radius 1 is 0.931 bits per heavy atom. The molecule has 0 N–H and O–H groups in total. The first-order valence-electron chi connectivity index (χ1n) is 10.3. The molecule has 29 heavy (non-hydrogen) atoms. The Labute approximate surface area is 203 Å². The Morgan fingerprint density at radius 3 is 2.38 bits per heavy atom. The molecule has 1 saturated carbocycles. The van der Waals surface area contributed by atoms with E-state index < -0.39 is 0 Å². The second-order valence-corrected chi connectivity index (χ2v) is 9.46. The van der Waals surface area contributed by atoms with Gasteiger partial charge in [0, 0.05) is 0 Å².